The Kier molecular flexibility index (Phi) is 3.74. The monoisotopic (exact) mass is 257 g/mol. The lowest BCUT2D eigenvalue weighted by Gasteiger charge is -2.21. The van der Waals surface area contributed by atoms with E-state index in [1.54, 1.807) is 0 Å². The number of hydrogen-bond acceptors (Lipinski definition) is 1. The quantitative estimate of drug-likeness (QED) is 0.906. The number of aliphatic carboxylic acids is 1. The third-order valence-corrected chi connectivity index (χ3v) is 3.24. The first kappa shape index (κ1) is 13.4. The average Bonchev–Trinajstić information content (AvgIpc) is 2.71. The molecule has 1 heterocycles. The lowest BCUT2D eigenvalue weighted by Crippen LogP contribution is -2.24. The molecule has 0 radical (unpaired) electrons. The third kappa shape index (κ3) is 2.70. The molecule has 0 aliphatic heterocycles. The van der Waals surface area contributed by atoms with Crippen LogP contribution in [-0.4, -0.2) is 15.6 Å². The second kappa shape index (κ2) is 5.31. The summed E-state index contributed by atoms with van der Waals surface area (Å²) in [5.41, 5.74) is 3.08. The van der Waals surface area contributed by atoms with Crippen molar-refractivity contribution in [3.8, 4) is 11.3 Å². The van der Waals surface area contributed by atoms with Gasteiger partial charge in [0.15, 0.2) is 0 Å². The fourth-order valence-corrected chi connectivity index (χ4v) is 2.41. The van der Waals surface area contributed by atoms with Gasteiger partial charge in [0.2, 0.25) is 0 Å². The second-order valence-corrected chi connectivity index (χ2v) is 5.20. The maximum Gasteiger partial charge on any atom is 0.326 e. The highest BCUT2D eigenvalue weighted by Crippen LogP contribution is 2.29. The number of carbonyl (C=O) groups is 1. The highest BCUT2D eigenvalue weighted by atomic mass is 16.4. The van der Waals surface area contributed by atoms with Crippen molar-refractivity contribution >= 4 is 5.97 Å². The zero-order chi connectivity index (χ0) is 14.0. The van der Waals surface area contributed by atoms with Gasteiger partial charge in [-0.1, -0.05) is 44.2 Å². The van der Waals surface area contributed by atoms with E-state index >= 15 is 0 Å². The number of benzene rings is 1. The molecular formula is C16H19NO2. The first-order valence-electron chi connectivity index (χ1n) is 6.47. The Morgan fingerprint density at radius 1 is 1.21 bits per heavy atom. The number of rotatable bonds is 4. The normalized spacial score (nSPS) is 12.6. The molecule has 19 heavy (non-hydrogen) atoms. The summed E-state index contributed by atoms with van der Waals surface area (Å²) in [6.07, 6.45) is 1.92. The number of carboxylic acids is 1. The Morgan fingerprint density at radius 3 is 2.37 bits per heavy atom. The topological polar surface area (TPSA) is 42.2 Å². The maximum absolute atomic E-state index is 11.5. The van der Waals surface area contributed by atoms with Crippen molar-refractivity contribution < 1.29 is 9.90 Å². The number of carboxylic acid groups (broad SMARTS) is 1. The predicted molar refractivity (Wildman–Crippen MR) is 76.1 cm³/mol. The van der Waals surface area contributed by atoms with Gasteiger partial charge < -0.3 is 9.67 Å². The molecule has 1 N–H and O–H groups in total. The summed E-state index contributed by atoms with van der Waals surface area (Å²) >= 11 is 0. The lowest BCUT2D eigenvalue weighted by molar-refractivity contribution is -0.142. The van der Waals surface area contributed by atoms with Crippen molar-refractivity contribution in [1.82, 2.24) is 4.57 Å². The summed E-state index contributed by atoms with van der Waals surface area (Å²) in [6, 6.07) is 11.4. The van der Waals surface area contributed by atoms with Gasteiger partial charge in [0, 0.05) is 11.9 Å². The number of nitrogens with zero attached hydrogens (tertiary/aromatic N) is 1. The van der Waals surface area contributed by atoms with Crippen LogP contribution < -0.4 is 0 Å². The van der Waals surface area contributed by atoms with Crippen LogP contribution >= 0.6 is 0 Å². The fourth-order valence-electron chi connectivity index (χ4n) is 2.41. The molecule has 0 saturated carbocycles. The molecule has 3 heteroatoms. The molecular weight excluding hydrogens is 238 g/mol. The van der Waals surface area contributed by atoms with E-state index in [-0.39, 0.29) is 5.92 Å². The molecule has 100 valence electrons. The van der Waals surface area contributed by atoms with Crippen LogP contribution in [0.4, 0.5) is 0 Å². The van der Waals surface area contributed by atoms with Crippen molar-refractivity contribution in [2.75, 3.05) is 0 Å². The molecule has 0 amide bonds. The van der Waals surface area contributed by atoms with E-state index in [0.717, 1.165) is 16.8 Å². The summed E-state index contributed by atoms with van der Waals surface area (Å²) < 4.78 is 1.87. The number of hydrogen-bond donors (Lipinski definition) is 1. The molecule has 1 aromatic carbocycles. The smallest absolute Gasteiger partial charge is 0.326 e. The van der Waals surface area contributed by atoms with E-state index in [1.165, 1.54) is 0 Å². The summed E-state index contributed by atoms with van der Waals surface area (Å²) in [7, 11) is 0. The predicted octanol–water partition coefficient (Wildman–Crippen LogP) is 3.75. The lowest BCUT2D eigenvalue weighted by atomic mass is 10.0. The van der Waals surface area contributed by atoms with Crippen LogP contribution in [0.2, 0.25) is 0 Å². The van der Waals surface area contributed by atoms with Gasteiger partial charge in [0.25, 0.3) is 0 Å². The molecule has 0 bridgehead atoms. The first-order valence-corrected chi connectivity index (χ1v) is 6.47. The van der Waals surface area contributed by atoms with E-state index in [1.807, 2.05) is 67.9 Å². The summed E-state index contributed by atoms with van der Waals surface area (Å²) in [5.74, 6) is -0.755. The molecule has 2 aromatic rings. The Balaban J connectivity index is 2.55. The number of aromatic nitrogens is 1. The van der Waals surface area contributed by atoms with Gasteiger partial charge >= 0.3 is 5.97 Å². The molecule has 0 fully saturated rings. The highest BCUT2D eigenvalue weighted by molar-refractivity contribution is 5.74. The Morgan fingerprint density at radius 2 is 1.84 bits per heavy atom. The van der Waals surface area contributed by atoms with Gasteiger partial charge in [-0.05, 0) is 30.0 Å². The largest absolute Gasteiger partial charge is 0.480 e. The van der Waals surface area contributed by atoms with Crippen LogP contribution in [0.15, 0.2) is 42.6 Å². The molecule has 0 saturated heterocycles. The SMILES string of the molecule is Cc1cc(-c2ccccc2)n(C(C(=O)O)C(C)C)c1. The molecule has 0 aliphatic carbocycles. The molecule has 1 aromatic heterocycles. The minimum Gasteiger partial charge on any atom is -0.480 e. The minimum absolute atomic E-state index is 0.0340. The van der Waals surface area contributed by atoms with E-state index in [0.29, 0.717) is 0 Å². The summed E-state index contributed by atoms with van der Waals surface area (Å²) in [4.78, 5) is 11.5. The van der Waals surface area contributed by atoms with Crippen molar-refractivity contribution in [3.63, 3.8) is 0 Å². The van der Waals surface area contributed by atoms with Crippen molar-refractivity contribution in [2.24, 2.45) is 5.92 Å². The second-order valence-electron chi connectivity index (χ2n) is 5.20. The van der Waals surface area contributed by atoms with E-state index in [2.05, 4.69) is 0 Å². The fraction of sp³-hybridized carbons (Fsp3) is 0.312. The highest BCUT2D eigenvalue weighted by Gasteiger charge is 2.25. The van der Waals surface area contributed by atoms with Crippen LogP contribution in [0.1, 0.15) is 25.5 Å². The van der Waals surface area contributed by atoms with E-state index in [9.17, 15) is 9.90 Å². The first-order chi connectivity index (χ1) is 9.00. The standard InChI is InChI=1S/C16H19NO2/c1-11(2)15(16(18)19)17-10-12(3)9-14(17)13-7-5-4-6-8-13/h4-11,15H,1-3H3,(H,18,19). The number of aryl methyl sites for hydroxylation is 1. The van der Waals surface area contributed by atoms with Gasteiger partial charge in [-0.2, -0.15) is 0 Å². The Hall–Kier alpha value is -2.03. The summed E-state index contributed by atoms with van der Waals surface area (Å²) in [6.45, 7) is 5.86. The van der Waals surface area contributed by atoms with Crippen molar-refractivity contribution in [2.45, 2.75) is 26.8 Å². The van der Waals surface area contributed by atoms with E-state index < -0.39 is 12.0 Å². The zero-order valence-corrected chi connectivity index (χ0v) is 11.5. The van der Waals surface area contributed by atoms with Crippen LogP contribution in [-0.2, 0) is 4.79 Å². The molecule has 2 rings (SSSR count). The maximum atomic E-state index is 11.5. The van der Waals surface area contributed by atoms with Gasteiger partial charge in [0.1, 0.15) is 6.04 Å². The van der Waals surface area contributed by atoms with Gasteiger partial charge in [-0.25, -0.2) is 4.79 Å². The molecule has 3 nitrogen and oxygen atoms in total. The van der Waals surface area contributed by atoms with Gasteiger partial charge in [-0.3, -0.25) is 0 Å². The van der Waals surface area contributed by atoms with Crippen LogP contribution in [0.3, 0.4) is 0 Å². The zero-order valence-electron chi connectivity index (χ0n) is 11.5. The van der Waals surface area contributed by atoms with Crippen LogP contribution in [0, 0.1) is 12.8 Å². The molecule has 1 atom stereocenters. The Labute approximate surface area is 113 Å². The van der Waals surface area contributed by atoms with Gasteiger partial charge in [0.05, 0.1) is 0 Å². The average molecular weight is 257 g/mol. The van der Waals surface area contributed by atoms with Gasteiger partial charge in [-0.15, -0.1) is 0 Å². The van der Waals surface area contributed by atoms with E-state index in [4.69, 9.17) is 0 Å². The summed E-state index contributed by atoms with van der Waals surface area (Å²) in [5, 5.41) is 9.46. The van der Waals surface area contributed by atoms with Crippen LogP contribution in [0.25, 0.3) is 11.3 Å². The third-order valence-electron chi connectivity index (χ3n) is 3.24. The molecule has 1 unspecified atom stereocenters. The van der Waals surface area contributed by atoms with Crippen molar-refractivity contribution in [3.05, 3.63) is 48.2 Å². The molecule has 0 spiro atoms. The Bertz CT molecular complexity index is 570. The molecule has 0 aliphatic rings. The van der Waals surface area contributed by atoms with Crippen LogP contribution in [0.5, 0.6) is 0 Å². The minimum atomic E-state index is -0.789. The van der Waals surface area contributed by atoms with Crippen molar-refractivity contribution in [1.29, 1.82) is 0 Å².